The Morgan fingerprint density at radius 2 is 1.40 bits per heavy atom. The number of nitrogens with two attached hydrogens (primary N) is 1. The van der Waals surface area contributed by atoms with Crippen LogP contribution in [-0.4, -0.2) is 51.3 Å². The van der Waals surface area contributed by atoms with Gasteiger partial charge in [0.15, 0.2) is 5.78 Å². The molecule has 6 heteroatoms. The van der Waals surface area contributed by atoms with E-state index in [1.54, 1.807) is 0 Å². The number of ether oxygens (including phenoxy) is 3. The van der Waals surface area contributed by atoms with Gasteiger partial charge in [-0.15, -0.1) is 0 Å². The minimum atomic E-state index is -0.500. The zero-order valence-electron chi connectivity index (χ0n) is 8.86. The molecule has 6 nitrogen and oxygen atoms in total. The van der Waals surface area contributed by atoms with Crippen LogP contribution in [0.25, 0.3) is 0 Å². The number of rotatable bonds is 10. The van der Waals surface area contributed by atoms with E-state index in [1.165, 1.54) is 6.92 Å². The lowest BCUT2D eigenvalue weighted by atomic mass is 10.5. The topological polar surface area (TPSA) is 87.8 Å². The van der Waals surface area contributed by atoms with Crippen LogP contribution >= 0.6 is 0 Å². The Kier molecular flexibility index (Phi) is 8.95. The van der Waals surface area contributed by atoms with Gasteiger partial charge in [-0.1, -0.05) is 0 Å². The Morgan fingerprint density at radius 3 is 1.87 bits per heavy atom. The first-order valence-electron chi connectivity index (χ1n) is 4.64. The highest BCUT2D eigenvalue weighted by molar-refractivity contribution is 5.76. The number of carbonyl (C=O) groups is 2. The third-order valence-electron chi connectivity index (χ3n) is 1.29. The monoisotopic (exact) mass is 219 g/mol. The molecule has 0 atom stereocenters. The summed E-state index contributed by atoms with van der Waals surface area (Å²) in [6, 6.07) is 0. The molecule has 0 aliphatic heterocycles. The van der Waals surface area contributed by atoms with E-state index in [9.17, 15) is 9.59 Å². The van der Waals surface area contributed by atoms with Gasteiger partial charge >= 0.3 is 0 Å². The molecule has 15 heavy (non-hydrogen) atoms. The number of amides is 1. The van der Waals surface area contributed by atoms with Crippen LogP contribution in [0.2, 0.25) is 0 Å². The van der Waals surface area contributed by atoms with Gasteiger partial charge in [-0.25, -0.2) is 0 Å². The van der Waals surface area contributed by atoms with Gasteiger partial charge in [-0.3, -0.25) is 9.59 Å². The van der Waals surface area contributed by atoms with E-state index >= 15 is 0 Å². The summed E-state index contributed by atoms with van der Waals surface area (Å²) >= 11 is 0. The van der Waals surface area contributed by atoms with Gasteiger partial charge in [0.2, 0.25) is 5.91 Å². The molecule has 0 unspecified atom stereocenters. The van der Waals surface area contributed by atoms with Gasteiger partial charge in [0, 0.05) is 0 Å². The fourth-order valence-electron chi connectivity index (χ4n) is 0.726. The molecule has 1 amide bonds. The van der Waals surface area contributed by atoms with Crippen LogP contribution in [0.5, 0.6) is 0 Å². The molecule has 0 aliphatic carbocycles. The van der Waals surface area contributed by atoms with Crippen molar-refractivity contribution >= 4 is 11.7 Å². The molecule has 0 aromatic carbocycles. The normalized spacial score (nSPS) is 10.2. The largest absolute Gasteiger partial charge is 0.377 e. The lowest BCUT2D eigenvalue weighted by Gasteiger charge is -2.04. The average molecular weight is 219 g/mol. The molecule has 0 aromatic heterocycles. The second-order valence-electron chi connectivity index (χ2n) is 2.89. The zero-order valence-corrected chi connectivity index (χ0v) is 8.86. The van der Waals surface area contributed by atoms with Crippen molar-refractivity contribution in [2.45, 2.75) is 6.92 Å². The summed E-state index contributed by atoms with van der Waals surface area (Å²) in [5.74, 6) is -0.514. The van der Waals surface area contributed by atoms with Crippen LogP contribution in [0.3, 0.4) is 0 Å². The number of hydrogen-bond donors (Lipinski definition) is 1. The lowest BCUT2D eigenvalue weighted by molar-refractivity contribution is -0.123. The van der Waals surface area contributed by atoms with E-state index in [1.807, 2.05) is 0 Å². The van der Waals surface area contributed by atoms with Crippen molar-refractivity contribution in [2.24, 2.45) is 5.73 Å². The first kappa shape index (κ1) is 14.0. The van der Waals surface area contributed by atoms with Crippen molar-refractivity contribution in [1.29, 1.82) is 0 Å². The second-order valence-corrected chi connectivity index (χ2v) is 2.89. The maximum Gasteiger partial charge on any atom is 0.243 e. The van der Waals surface area contributed by atoms with Crippen molar-refractivity contribution in [3.63, 3.8) is 0 Å². The highest BCUT2D eigenvalue weighted by Crippen LogP contribution is 1.81. The Balaban J connectivity index is 2.99. The van der Waals surface area contributed by atoms with Crippen LogP contribution in [0.1, 0.15) is 6.92 Å². The molecule has 0 spiro atoms. The zero-order chi connectivity index (χ0) is 11.5. The van der Waals surface area contributed by atoms with Crippen molar-refractivity contribution in [3.8, 4) is 0 Å². The van der Waals surface area contributed by atoms with E-state index in [-0.39, 0.29) is 19.0 Å². The molecule has 0 saturated heterocycles. The minimum absolute atomic E-state index is 0.0141. The van der Waals surface area contributed by atoms with Crippen LogP contribution in [0.4, 0.5) is 0 Å². The maximum absolute atomic E-state index is 10.5. The predicted octanol–water partition coefficient (Wildman–Crippen LogP) is -0.889. The van der Waals surface area contributed by atoms with E-state index < -0.39 is 5.91 Å². The Labute approximate surface area is 88.7 Å². The van der Waals surface area contributed by atoms with Gasteiger partial charge in [0.1, 0.15) is 13.2 Å². The molecule has 0 bridgehead atoms. The van der Waals surface area contributed by atoms with Gasteiger partial charge in [0.05, 0.1) is 26.4 Å². The van der Waals surface area contributed by atoms with Gasteiger partial charge in [-0.05, 0) is 6.92 Å². The predicted molar refractivity (Wildman–Crippen MR) is 52.3 cm³/mol. The fraction of sp³-hybridized carbons (Fsp3) is 0.778. The molecule has 0 saturated carbocycles. The molecule has 0 aromatic rings. The highest BCUT2D eigenvalue weighted by Gasteiger charge is 1.95. The minimum Gasteiger partial charge on any atom is -0.377 e. The SMILES string of the molecule is CC(=O)COCCOCCOCC(N)=O. The molecular formula is C9H17NO5. The molecule has 0 fully saturated rings. The molecular weight excluding hydrogens is 202 g/mol. The molecule has 0 rings (SSSR count). The van der Waals surface area contributed by atoms with Crippen molar-refractivity contribution < 1.29 is 23.8 Å². The summed E-state index contributed by atoms with van der Waals surface area (Å²) in [5.41, 5.74) is 4.84. The average Bonchev–Trinajstić information content (AvgIpc) is 2.14. The van der Waals surface area contributed by atoms with Crippen LogP contribution < -0.4 is 5.73 Å². The van der Waals surface area contributed by atoms with Crippen molar-refractivity contribution in [2.75, 3.05) is 39.6 Å². The summed E-state index contributed by atoms with van der Waals surface area (Å²) < 4.78 is 14.9. The standard InChI is InChI=1S/C9H17NO5/c1-8(11)6-14-4-2-13-3-5-15-7-9(10)12/h2-7H2,1H3,(H2,10,12). The molecule has 0 heterocycles. The first-order chi connectivity index (χ1) is 7.13. The number of carbonyl (C=O) groups excluding carboxylic acids is 2. The van der Waals surface area contributed by atoms with E-state index in [0.29, 0.717) is 26.4 Å². The third kappa shape index (κ3) is 13.0. The van der Waals surface area contributed by atoms with Crippen molar-refractivity contribution in [1.82, 2.24) is 0 Å². The molecule has 88 valence electrons. The second kappa shape index (κ2) is 9.57. The highest BCUT2D eigenvalue weighted by atomic mass is 16.5. The summed E-state index contributed by atoms with van der Waals surface area (Å²) in [7, 11) is 0. The van der Waals surface area contributed by atoms with E-state index in [2.05, 4.69) is 0 Å². The molecule has 0 aliphatic rings. The van der Waals surface area contributed by atoms with E-state index in [4.69, 9.17) is 19.9 Å². The summed E-state index contributed by atoms with van der Waals surface area (Å²) in [4.78, 5) is 20.7. The molecule has 0 radical (unpaired) electrons. The summed E-state index contributed by atoms with van der Waals surface area (Å²) in [6.07, 6.45) is 0. The van der Waals surface area contributed by atoms with Crippen LogP contribution in [0, 0.1) is 0 Å². The van der Waals surface area contributed by atoms with Gasteiger partial charge in [0.25, 0.3) is 0 Å². The quantitative estimate of drug-likeness (QED) is 0.481. The van der Waals surface area contributed by atoms with Gasteiger partial charge < -0.3 is 19.9 Å². The third-order valence-corrected chi connectivity index (χ3v) is 1.29. The van der Waals surface area contributed by atoms with Crippen molar-refractivity contribution in [3.05, 3.63) is 0 Å². The molecule has 2 N–H and O–H groups in total. The smallest absolute Gasteiger partial charge is 0.243 e. The Bertz CT molecular complexity index is 175. The Morgan fingerprint density at radius 1 is 0.933 bits per heavy atom. The first-order valence-corrected chi connectivity index (χ1v) is 4.64. The number of Topliss-reactive ketones (excluding diaryl/α,β-unsaturated/α-hetero) is 1. The Hall–Kier alpha value is -0.980. The maximum atomic E-state index is 10.5. The fourth-order valence-corrected chi connectivity index (χ4v) is 0.726. The summed E-state index contributed by atoms with van der Waals surface area (Å²) in [6.45, 7) is 2.93. The number of ketones is 1. The number of hydrogen-bond acceptors (Lipinski definition) is 5. The van der Waals surface area contributed by atoms with Crippen LogP contribution in [-0.2, 0) is 23.8 Å². The lowest BCUT2D eigenvalue weighted by Crippen LogP contribution is -2.20. The van der Waals surface area contributed by atoms with E-state index in [0.717, 1.165) is 0 Å². The number of primary amides is 1. The van der Waals surface area contributed by atoms with Crippen LogP contribution in [0.15, 0.2) is 0 Å². The summed E-state index contributed by atoms with van der Waals surface area (Å²) in [5, 5.41) is 0. The van der Waals surface area contributed by atoms with Gasteiger partial charge in [-0.2, -0.15) is 0 Å².